The van der Waals surface area contributed by atoms with Crippen molar-refractivity contribution < 1.29 is 8.78 Å². The quantitative estimate of drug-likeness (QED) is 0.279. The molecule has 40 heavy (non-hydrogen) atoms. The summed E-state index contributed by atoms with van der Waals surface area (Å²) in [5, 5.41) is 39.3. The molecule has 2 aliphatic rings. The third-order valence-corrected chi connectivity index (χ3v) is 6.35. The van der Waals surface area contributed by atoms with Gasteiger partial charge in [0.15, 0.2) is 5.83 Å². The summed E-state index contributed by atoms with van der Waals surface area (Å²) in [7, 11) is 0. The number of benzene rings is 1. The highest BCUT2D eigenvalue weighted by Gasteiger charge is 2.44. The Labute approximate surface area is 225 Å². The molecule has 3 aromatic rings. The second-order valence-corrected chi connectivity index (χ2v) is 8.18. The van der Waals surface area contributed by atoms with E-state index in [0.717, 1.165) is 0 Å². The Morgan fingerprint density at radius 3 is 1.73 bits per heavy atom. The molecule has 0 N–H and O–H groups in total. The Balaban J connectivity index is 2.23. The lowest BCUT2D eigenvalue weighted by atomic mass is 9.81. The Kier molecular flexibility index (Phi) is 6.00. The van der Waals surface area contributed by atoms with Crippen molar-refractivity contribution in [3.8, 4) is 46.8 Å². The molecular formula is C30H8F2N8. The van der Waals surface area contributed by atoms with Crippen LogP contribution in [-0.4, -0.2) is 9.97 Å². The van der Waals surface area contributed by atoms with Gasteiger partial charge in [0.25, 0.3) is 5.70 Å². The number of hydrogen-bond acceptors (Lipinski definition) is 6. The monoisotopic (exact) mass is 518 g/mol. The molecular weight excluding hydrogens is 510 g/mol. The minimum atomic E-state index is -1.17. The number of nitrogens with zero attached hydrogens (tertiary/aromatic N) is 8. The number of allylic oxidation sites excluding steroid dienone is 7. The molecule has 2 aliphatic carbocycles. The first kappa shape index (κ1) is 25.0. The molecule has 0 amide bonds. The van der Waals surface area contributed by atoms with Gasteiger partial charge < -0.3 is 0 Å². The van der Waals surface area contributed by atoms with Crippen molar-refractivity contribution in [1.29, 1.82) is 21.0 Å². The predicted octanol–water partition coefficient (Wildman–Crippen LogP) is 6.55. The molecule has 0 saturated heterocycles. The van der Waals surface area contributed by atoms with E-state index in [-0.39, 0.29) is 44.8 Å². The minimum absolute atomic E-state index is 0.0394. The van der Waals surface area contributed by atoms with Gasteiger partial charge in [0, 0.05) is 51.4 Å². The summed E-state index contributed by atoms with van der Waals surface area (Å²) in [4.78, 5) is 15.2. The highest BCUT2D eigenvalue weighted by atomic mass is 19.1. The van der Waals surface area contributed by atoms with Crippen molar-refractivity contribution in [2.24, 2.45) is 0 Å². The number of halogens is 2. The van der Waals surface area contributed by atoms with Crippen LogP contribution in [0.2, 0.25) is 0 Å². The smallest absolute Gasteiger partial charge is 0.256 e. The summed E-state index contributed by atoms with van der Waals surface area (Å²) >= 11 is 0. The molecule has 1 aromatic carbocycles. The fourth-order valence-electron chi connectivity index (χ4n) is 4.89. The van der Waals surface area contributed by atoms with E-state index in [9.17, 15) is 21.0 Å². The number of aromatic nitrogens is 2. The second kappa shape index (κ2) is 9.63. The highest BCUT2D eigenvalue weighted by Crippen LogP contribution is 2.59. The van der Waals surface area contributed by atoms with Crippen molar-refractivity contribution in [2.75, 3.05) is 0 Å². The van der Waals surface area contributed by atoms with Crippen LogP contribution in [0.25, 0.3) is 54.6 Å². The number of hydrogen-bond donors (Lipinski definition) is 0. The SMILES string of the molecule is [C-]#[N+]C1=C(F)/C(=C(/C#N)[N+]#[C-])c2c1c(-c1ccccn1)c1c(c2-c2ccccn2)C(C#N)=C(F)C1=C(C#N)C#N. The van der Waals surface area contributed by atoms with Gasteiger partial charge in [-0.25, -0.2) is 23.7 Å². The van der Waals surface area contributed by atoms with Gasteiger partial charge in [0.1, 0.15) is 29.6 Å². The van der Waals surface area contributed by atoms with Gasteiger partial charge in [-0.1, -0.05) is 12.1 Å². The van der Waals surface area contributed by atoms with E-state index in [4.69, 9.17) is 13.1 Å². The predicted molar refractivity (Wildman–Crippen MR) is 138 cm³/mol. The lowest BCUT2D eigenvalue weighted by Gasteiger charge is -2.22. The zero-order valence-corrected chi connectivity index (χ0v) is 20.0. The zero-order valence-electron chi connectivity index (χ0n) is 20.0. The van der Waals surface area contributed by atoms with Crippen LogP contribution in [-0.2, 0) is 0 Å². The number of fused-ring (bicyclic) bond motifs is 2. The standard InChI is InChI=1S/C30H8F2N8/c1-37-19(14-36)24-26-22(17-7-3-5-9-39-17)21-16(13-35)28(31)20(15(11-33)12-34)25(21)23(18-8-4-6-10-40-18)27(26)30(38-2)29(24)32/h3-10H/b24-19-. The Morgan fingerprint density at radius 1 is 0.700 bits per heavy atom. The van der Waals surface area contributed by atoms with Crippen molar-refractivity contribution in [3.63, 3.8) is 0 Å². The average molecular weight is 518 g/mol. The molecule has 8 nitrogen and oxygen atoms in total. The van der Waals surface area contributed by atoms with E-state index < -0.39 is 45.3 Å². The molecule has 0 atom stereocenters. The topological polar surface area (TPSA) is 130 Å². The van der Waals surface area contributed by atoms with Crippen LogP contribution >= 0.6 is 0 Å². The Morgan fingerprint density at radius 2 is 1.27 bits per heavy atom. The molecule has 0 saturated carbocycles. The van der Waals surface area contributed by atoms with Crippen molar-refractivity contribution >= 4 is 22.4 Å². The van der Waals surface area contributed by atoms with Gasteiger partial charge >= 0.3 is 0 Å². The fourth-order valence-corrected chi connectivity index (χ4v) is 4.89. The van der Waals surface area contributed by atoms with Crippen LogP contribution in [0.4, 0.5) is 8.78 Å². The van der Waals surface area contributed by atoms with E-state index in [0.29, 0.717) is 0 Å². The van der Waals surface area contributed by atoms with Gasteiger partial charge in [-0.15, -0.1) is 0 Å². The summed E-state index contributed by atoms with van der Waals surface area (Å²) < 4.78 is 32.2. The molecule has 10 heteroatoms. The van der Waals surface area contributed by atoms with Crippen LogP contribution in [0.3, 0.4) is 0 Å². The summed E-state index contributed by atoms with van der Waals surface area (Å²) in [5.74, 6) is -2.33. The first-order chi connectivity index (χ1) is 19.5. The average Bonchev–Trinajstić information content (AvgIpc) is 3.44. The van der Waals surface area contributed by atoms with Gasteiger partial charge in [-0.05, 0) is 29.8 Å². The lowest BCUT2D eigenvalue weighted by molar-refractivity contribution is 0.681. The van der Waals surface area contributed by atoms with E-state index in [1.807, 2.05) is 0 Å². The van der Waals surface area contributed by atoms with Crippen molar-refractivity contribution in [3.05, 3.63) is 117 Å². The minimum Gasteiger partial charge on any atom is -0.256 e. The molecule has 0 radical (unpaired) electrons. The molecule has 0 fully saturated rings. The maximum Gasteiger partial charge on any atom is 0.271 e. The van der Waals surface area contributed by atoms with Gasteiger partial charge in [0.2, 0.25) is 5.70 Å². The first-order valence-electron chi connectivity index (χ1n) is 11.2. The highest BCUT2D eigenvalue weighted by molar-refractivity contribution is 6.19. The van der Waals surface area contributed by atoms with Crippen molar-refractivity contribution in [1.82, 2.24) is 9.97 Å². The van der Waals surface area contributed by atoms with Crippen LogP contribution < -0.4 is 0 Å². The third kappa shape index (κ3) is 3.30. The van der Waals surface area contributed by atoms with E-state index in [1.54, 1.807) is 48.5 Å². The lowest BCUT2D eigenvalue weighted by Crippen LogP contribution is -2.05. The van der Waals surface area contributed by atoms with Gasteiger partial charge in [0.05, 0.1) is 36.2 Å². The zero-order chi connectivity index (χ0) is 28.6. The van der Waals surface area contributed by atoms with Crippen LogP contribution in [0, 0.1) is 58.5 Å². The molecule has 182 valence electrons. The molecule has 0 bridgehead atoms. The fraction of sp³-hybridized carbons (Fsp3) is 0. The molecule has 2 heterocycles. The van der Waals surface area contributed by atoms with Crippen LogP contribution in [0.1, 0.15) is 22.3 Å². The molecule has 2 aromatic heterocycles. The normalized spacial score (nSPS) is 14.2. The Hall–Kier alpha value is -6.72. The summed E-state index contributed by atoms with van der Waals surface area (Å²) in [6.45, 7) is 15.3. The first-order valence-corrected chi connectivity index (χ1v) is 11.2. The van der Waals surface area contributed by atoms with E-state index in [1.165, 1.54) is 24.5 Å². The number of pyridine rings is 2. The maximum atomic E-state index is 16.1. The maximum absolute atomic E-state index is 16.1. The largest absolute Gasteiger partial charge is 0.271 e. The van der Waals surface area contributed by atoms with Crippen molar-refractivity contribution in [2.45, 2.75) is 0 Å². The molecule has 0 aliphatic heterocycles. The summed E-state index contributed by atoms with van der Waals surface area (Å²) in [5.41, 5.74) is -3.85. The second-order valence-electron chi connectivity index (χ2n) is 8.18. The summed E-state index contributed by atoms with van der Waals surface area (Å²) in [6, 6.07) is 16.1. The molecule has 5 rings (SSSR count). The van der Waals surface area contributed by atoms with E-state index >= 15 is 8.78 Å². The number of rotatable bonds is 2. The molecule has 0 spiro atoms. The Bertz CT molecular complexity index is 1880. The van der Waals surface area contributed by atoms with Gasteiger partial charge in [-0.3, -0.25) is 9.97 Å². The van der Waals surface area contributed by atoms with Gasteiger partial charge in [-0.2, -0.15) is 15.8 Å². The third-order valence-electron chi connectivity index (χ3n) is 6.35. The van der Waals surface area contributed by atoms with Crippen LogP contribution in [0.15, 0.2) is 71.7 Å². The van der Waals surface area contributed by atoms with E-state index in [2.05, 4.69) is 19.7 Å². The van der Waals surface area contributed by atoms with Crippen LogP contribution in [0.5, 0.6) is 0 Å². The number of nitriles is 4. The summed E-state index contributed by atoms with van der Waals surface area (Å²) in [6.07, 6.45) is 2.79. The molecule has 0 unspecified atom stereocenters.